The SMILES string of the molecule is CC(NC(=O)CC1(C(=O)O)CCC1)C1CCCCC1. The summed E-state index contributed by atoms with van der Waals surface area (Å²) in [6, 6.07) is 0.179. The summed E-state index contributed by atoms with van der Waals surface area (Å²) in [6.45, 7) is 2.06. The van der Waals surface area contributed by atoms with Crippen LogP contribution in [-0.4, -0.2) is 23.0 Å². The Balaban J connectivity index is 1.81. The summed E-state index contributed by atoms with van der Waals surface area (Å²) in [6.07, 6.45) is 8.56. The molecule has 2 rings (SSSR count). The number of carboxylic acids is 1. The normalized spacial score (nSPS) is 24.3. The Bertz CT molecular complexity index is 343. The van der Waals surface area contributed by atoms with Crippen molar-refractivity contribution >= 4 is 11.9 Å². The first-order chi connectivity index (χ1) is 9.03. The number of hydrogen-bond donors (Lipinski definition) is 2. The summed E-state index contributed by atoms with van der Waals surface area (Å²) in [4.78, 5) is 23.3. The summed E-state index contributed by atoms with van der Waals surface area (Å²) in [5.41, 5.74) is -0.767. The van der Waals surface area contributed by atoms with Crippen molar-refractivity contribution in [1.82, 2.24) is 5.32 Å². The maximum atomic E-state index is 12.0. The molecule has 2 aliphatic carbocycles. The highest BCUT2D eigenvalue weighted by Gasteiger charge is 2.46. The van der Waals surface area contributed by atoms with Crippen LogP contribution in [0.25, 0.3) is 0 Å². The highest BCUT2D eigenvalue weighted by Crippen LogP contribution is 2.44. The van der Waals surface area contributed by atoms with Crippen molar-refractivity contribution in [1.29, 1.82) is 0 Å². The van der Waals surface area contributed by atoms with E-state index in [0.717, 1.165) is 6.42 Å². The van der Waals surface area contributed by atoms with Gasteiger partial charge in [0.05, 0.1) is 5.41 Å². The van der Waals surface area contributed by atoms with E-state index in [4.69, 9.17) is 0 Å². The smallest absolute Gasteiger partial charge is 0.310 e. The van der Waals surface area contributed by atoms with Gasteiger partial charge in [-0.2, -0.15) is 0 Å². The molecule has 0 heterocycles. The second kappa shape index (κ2) is 5.93. The molecule has 2 saturated carbocycles. The third-order valence-corrected chi connectivity index (χ3v) is 5.01. The van der Waals surface area contributed by atoms with Gasteiger partial charge in [0.15, 0.2) is 0 Å². The first kappa shape index (κ1) is 14.4. The van der Waals surface area contributed by atoms with Gasteiger partial charge in [0, 0.05) is 12.5 Å². The van der Waals surface area contributed by atoms with Crippen molar-refractivity contribution in [2.45, 2.75) is 70.8 Å². The van der Waals surface area contributed by atoms with Crippen LogP contribution in [0, 0.1) is 11.3 Å². The van der Waals surface area contributed by atoms with Crippen molar-refractivity contribution < 1.29 is 14.7 Å². The van der Waals surface area contributed by atoms with Crippen LogP contribution in [0.5, 0.6) is 0 Å². The molecule has 1 atom stereocenters. The minimum atomic E-state index is -0.806. The topological polar surface area (TPSA) is 66.4 Å². The first-order valence-corrected chi connectivity index (χ1v) is 7.56. The molecule has 2 fully saturated rings. The van der Waals surface area contributed by atoms with Crippen LogP contribution in [0.15, 0.2) is 0 Å². The molecule has 0 aromatic carbocycles. The van der Waals surface area contributed by atoms with Crippen molar-refractivity contribution in [3.63, 3.8) is 0 Å². The monoisotopic (exact) mass is 267 g/mol. The predicted octanol–water partition coefficient (Wildman–Crippen LogP) is 2.72. The number of nitrogens with one attached hydrogen (secondary N) is 1. The van der Waals surface area contributed by atoms with E-state index in [1.165, 1.54) is 32.1 Å². The highest BCUT2D eigenvalue weighted by molar-refractivity contribution is 5.85. The minimum absolute atomic E-state index is 0.0832. The van der Waals surface area contributed by atoms with Gasteiger partial charge in [0.25, 0.3) is 0 Å². The van der Waals surface area contributed by atoms with Crippen LogP contribution in [0.1, 0.15) is 64.7 Å². The molecule has 0 radical (unpaired) electrons. The lowest BCUT2D eigenvalue weighted by atomic mass is 9.66. The lowest BCUT2D eigenvalue weighted by molar-refractivity contribution is -0.157. The summed E-state index contributed by atoms with van der Waals surface area (Å²) in [5, 5.41) is 12.3. The number of aliphatic carboxylic acids is 1. The number of carboxylic acid groups (broad SMARTS) is 1. The number of rotatable bonds is 5. The summed E-state index contributed by atoms with van der Waals surface area (Å²) >= 11 is 0. The molecule has 2 aliphatic rings. The molecular weight excluding hydrogens is 242 g/mol. The summed E-state index contributed by atoms with van der Waals surface area (Å²) < 4.78 is 0. The van der Waals surface area contributed by atoms with Crippen molar-refractivity contribution in [2.24, 2.45) is 11.3 Å². The van der Waals surface area contributed by atoms with Crippen LogP contribution < -0.4 is 5.32 Å². The van der Waals surface area contributed by atoms with Crippen LogP contribution in [0.2, 0.25) is 0 Å². The van der Waals surface area contributed by atoms with E-state index in [2.05, 4.69) is 12.2 Å². The van der Waals surface area contributed by atoms with Gasteiger partial charge in [-0.15, -0.1) is 0 Å². The molecule has 0 spiro atoms. The van der Waals surface area contributed by atoms with Gasteiger partial charge >= 0.3 is 5.97 Å². The molecule has 4 heteroatoms. The number of hydrogen-bond acceptors (Lipinski definition) is 2. The molecule has 1 amide bonds. The zero-order valence-electron chi connectivity index (χ0n) is 11.8. The second-order valence-electron chi connectivity index (χ2n) is 6.37. The molecule has 0 saturated heterocycles. The largest absolute Gasteiger partial charge is 0.481 e. The van der Waals surface area contributed by atoms with Crippen molar-refractivity contribution in [2.75, 3.05) is 0 Å². The lowest BCUT2D eigenvalue weighted by Crippen LogP contribution is -2.45. The van der Waals surface area contributed by atoms with E-state index in [9.17, 15) is 14.7 Å². The zero-order valence-corrected chi connectivity index (χ0v) is 11.8. The molecule has 4 nitrogen and oxygen atoms in total. The maximum Gasteiger partial charge on any atom is 0.310 e. The van der Waals surface area contributed by atoms with Crippen LogP contribution in [0.4, 0.5) is 0 Å². The minimum Gasteiger partial charge on any atom is -0.481 e. The number of carbonyl (C=O) groups excluding carboxylic acids is 1. The Kier molecular flexibility index (Phi) is 4.48. The average Bonchev–Trinajstić information content (AvgIpc) is 2.34. The Morgan fingerprint density at radius 2 is 1.84 bits per heavy atom. The van der Waals surface area contributed by atoms with E-state index in [-0.39, 0.29) is 18.4 Å². The van der Waals surface area contributed by atoms with Gasteiger partial charge in [0.1, 0.15) is 0 Å². The predicted molar refractivity (Wildman–Crippen MR) is 72.7 cm³/mol. The molecule has 0 bridgehead atoms. The molecule has 108 valence electrons. The molecule has 0 aliphatic heterocycles. The molecule has 0 aromatic rings. The lowest BCUT2D eigenvalue weighted by Gasteiger charge is -2.37. The Morgan fingerprint density at radius 3 is 2.32 bits per heavy atom. The Labute approximate surface area is 115 Å². The fraction of sp³-hybridized carbons (Fsp3) is 0.867. The summed E-state index contributed by atoms with van der Waals surface area (Å²) in [7, 11) is 0. The average molecular weight is 267 g/mol. The van der Waals surface area contributed by atoms with Crippen LogP contribution in [-0.2, 0) is 9.59 Å². The number of amides is 1. The molecule has 0 aromatic heterocycles. The van der Waals surface area contributed by atoms with E-state index < -0.39 is 11.4 Å². The number of carbonyl (C=O) groups is 2. The van der Waals surface area contributed by atoms with E-state index in [1.54, 1.807) is 0 Å². The third kappa shape index (κ3) is 3.28. The van der Waals surface area contributed by atoms with Gasteiger partial charge in [-0.1, -0.05) is 25.7 Å². The molecular formula is C15H25NO3. The van der Waals surface area contributed by atoms with Gasteiger partial charge in [-0.25, -0.2) is 0 Å². The fourth-order valence-electron chi connectivity index (χ4n) is 3.43. The van der Waals surface area contributed by atoms with Crippen molar-refractivity contribution in [3.8, 4) is 0 Å². The Morgan fingerprint density at radius 1 is 1.21 bits per heavy atom. The zero-order chi connectivity index (χ0) is 13.9. The van der Waals surface area contributed by atoms with Gasteiger partial charge < -0.3 is 10.4 Å². The van der Waals surface area contributed by atoms with Gasteiger partial charge in [-0.05, 0) is 38.5 Å². The fourth-order valence-corrected chi connectivity index (χ4v) is 3.43. The van der Waals surface area contributed by atoms with E-state index in [0.29, 0.717) is 18.8 Å². The van der Waals surface area contributed by atoms with Crippen LogP contribution in [0.3, 0.4) is 0 Å². The highest BCUT2D eigenvalue weighted by atomic mass is 16.4. The first-order valence-electron chi connectivity index (χ1n) is 7.56. The van der Waals surface area contributed by atoms with Gasteiger partial charge in [0.2, 0.25) is 5.91 Å². The van der Waals surface area contributed by atoms with Crippen LogP contribution >= 0.6 is 0 Å². The Hall–Kier alpha value is -1.06. The van der Waals surface area contributed by atoms with Crippen molar-refractivity contribution in [3.05, 3.63) is 0 Å². The summed E-state index contributed by atoms with van der Waals surface area (Å²) in [5.74, 6) is -0.320. The quantitative estimate of drug-likeness (QED) is 0.805. The van der Waals surface area contributed by atoms with E-state index >= 15 is 0 Å². The second-order valence-corrected chi connectivity index (χ2v) is 6.37. The molecule has 19 heavy (non-hydrogen) atoms. The maximum absolute atomic E-state index is 12.0. The van der Waals surface area contributed by atoms with E-state index in [1.807, 2.05) is 0 Å². The third-order valence-electron chi connectivity index (χ3n) is 5.01. The van der Waals surface area contributed by atoms with Gasteiger partial charge in [-0.3, -0.25) is 9.59 Å². The molecule has 1 unspecified atom stereocenters. The molecule has 2 N–H and O–H groups in total. The standard InChI is InChI=1S/C15H25NO3/c1-11(12-6-3-2-4-7-12)16-13(17)10-15(14(18)19)8-5-9-15/h11-12H,2-10H2,1H3,(H,16,17)(H,18,19).